The van der Waals surface area contributed by atoms with Gasteiger partial charge in [0.15, 0.2) is 5.78 Å². The summed E-state index contributed by atoms with van der Waals surface area (Å²) < 4.78 is 5.45. The van der Waals surface area contributed by atoms with Gasteiger partial charge in [0, 0.05) is 5.41 Å². The van der Waals surface area contributed by atoms with Gasteiger partial charge in [-0.2, -0.15) is 5.01 Å². The molecule has 0 aliphatic heterocycles. The van der Waals surface area contributed by atoms with E-state index in [-0.39, 0.29) is 27.8 Å². The lowest BCUT2D eigenvalue weighted by molar-refractivity contribution is -0.139. The SMILES string of the molecule is CC(C)(C)OC(=O)N(NC(=O)C1C(=O)[C@]2(C)CC[C@H]1C2(C)C)c1ccccc1Cl. The molecule has 0 spiro atoms. The number of halogens is 1. The van der Waals surface area contributed by atoms with E-state index in [2.05, 4.69) is 19.3 Å². The van der Waals surface area contributed by atoms with Crippen molar-refractivity contribution in [3.63, 3.8) is 0 Å². The number of fused-ring (bicyclic) bond motifs is 2. The van der Waals surface area contributed by atoms with Crippen LogP contribution in [0.5, 0.6) is 0 Å². The molecule has 29 heavy (non-hydrogen) atoms. The van der Waals surface area contributed by atoms with Crippen LogP contribution in [0.3, 0.4) is 0 Å². The first kappa shape index (κ1) is 21.6. The number of hydrogen-bond acceptors (Lipinski definition) is 4. The van der Waals surface area contributed by atoms with Crippen LogP contribution < -0.4 is 10.4 Å². The molecule has 1 aromatic rings. The predicted molar refractivity (Wildman–Crippen MR) is 111 cm³/mol. The number of benzene rings is 1. The summed E-state index contributed by atoms with van der Waals surface area (Å²) in [7, 11) is 0. The Morgan fingerprint density at radius 3 is 2.34 bits per heavy atom. The van der Waals surface area contributed by atoms with Crippen molar-refractivity contribution in [2.45, 2.75) is 60.0 Å². The van der Waals surface area contributed by atoms with Gasteiger partial charge in [0.05, 0.1) is 10.7 Å². The third-order valence-electron chi connectivity index (χ3n) is 6.71. The Kier molecular flexibility index (Phi) is 5.23. The molecule has 0 radical (unpaired) electrons. The van der Waals surface area contributed by atoms with Gasteiger partial charge in [-0.1, -0.05) is 44.5 Å². The van der Waals surface area contributed by atoms with Gasteiger partial charge in [0.25, 0.3) is 0 Å². The zero-order valence-corrected chi connectivity index (χ0v) is 18.6. The smallest absolute Gasteiger partial charge is 0.434 e. The maximum atomic E-state index is 13.2. The second-order valence-corrected chi connectivity index (χ2v) is 10.2. The highest BCUT2D eigenvalue weighted by molar-refractivity contribution is 6.33. The molecule has 2 saturated carbocycles. The second kappa shape index (κ2) is 7.01. The molecule has 7 heteroatoms. The topological polar surface area (TPSA) is 75.7 Å². The van der Waals surface area contributed by atoms with Crippen molar-refractivity contribution in [1.29, 1.82) is 0 Å². The number of ketones is 1. The highest BCUT2D eigenvalue weighted by Crippen LogP contribution is 2.65. The van der Waals surface area contributed by atoms with E-state index in [4.69, 9.17) is 16.3 Å². The molecule has 2 amide bonds. The number of hydrogen-bond donors (Lipinski definition) is 1. The van der Waals surface area contributed by atoms with Crippen LogP contribution in [-0.2, 0) is 14.3 Å². The molecule has 3 rings (SSSR count). The highest BCUT2D eigenvalue weighted by atomic mass is 35.5. The summed E-state index contributed by atoms with van der Waals surface area (Å²) in [6.07, 6.45) is 0.833. The molecule has 3 atom stereocenters. The number of hydrazine groups is 1. The van der Waals surface area contributed by atoms with Crippen LogP contribution in [-0.4, -0.2) is 23.4 Å². The second-order valence-electron chi connectivity index (χ2n) is 9.78. The molecule has 6 nitrogen and oxygen atoms in total. The van der Waals surface area contributed by atoms with Crippen molar-refractivity contribution >= 4 is 35.1 Å². The Labute approximate surface area is 176 Å². The molecule has 1 unspecified atom stereocenters. The van der Waals surface area contributed by atoms with Crippen LogP contribution >= 0.6 is 11.6 Å². The van der Waals surface area contributed by atoms with Gasteiger partial charge in [0.2, 0.25) is 5.91 Å². The van der Waals surface area contributed by atoms with Crippen LogP contribution in [0.15, 0.2) is 24.3 Å². The Morgan fingerprint density at radius 2 is 1.83 bits per heavy atom. The molecule has 0 aromatic heterocycles. The normalized spacial score (nSPS) is 27.6. The van der Waals surface area contributed by atoms with Crippen molar-refractivity contribution in [1.82, 2.24) is 5.43 Å². The zero-order valence-electron chi connectivity index (χ0n) is 17.8. The summed E-state index contributed by atoms with van der Waals surface area (Å²) in [5.41, 5.74) is 1.35. The fourth-order valence-electron chi connectivity index (χ4n) is 4.71. The van der Waals surface area contributed by atoms with Crippen LogP contribution in [0.2, 0.25) is 5.02 Å². The third kappa shape index (κ3) is 3.52. The number of nitrogens with one attached hydrogen (secondary N) is 1. The Bertz CT molecular complexity index is 861. The maximum Gasteiger partial charge on any atom is 0.434 e. The molecule has 2 bridgehead atoms. The van der Waals surface area contributed by atoms with Crippen LogP contribution in [0.4, 0.5) is 10.5 Å². The highest BCUT2D eigenvalue weighted by Gasteiger charge is 2.68. The fourth-order valence-corrected chi connectivity index (χ4v) is 4.93. The van der Waals surface area contributed by atoms with Crippen molar-refractivity contribution in [3.05, 3.63) is 29.3 Å². The van der Waals surface area contributed by atoms with E-state index in [0.29, 0.717) is 0 Å². The van der Waals surface area contributed by atoms with E-state index in [9.17, 15) is 14.4 Å². The Hall–Kier alpha value is -2.08. The van der Waals surface area contributed by atoms with E-state index in [1.807, 2.05) is 6.92 Å². The monoisotopic (exact) mass is 420 g/mol. The quantitative estimate of drug-likeness (QED) is 0.553. The molecule has 0 saturated heterocycles. The average molecular weight is 421 g/mol. The summed E-state index contributed by atoms with van der Waals surface area (Å²) in [6.45, 7) is 11.3. The first-order valence-corrected chi connectivity index (χ1v) is 10.3. The predicted octanol–water partition coefficient (Wildman–Crippen LogP) is 4.75. The summed E-state index contributed by atoms with van der Waals surface area (Å²) in [5, 5.41) is 1.29. The Balaban J connectivity index is 1.91. The molecule has 1 aromatic carbocycles. The minimum atomic E-state index is -0.795. The molecule has 2 aliphatic rings. The number of ether oxygens (including phenoxy) is 1. The maximum absolute atomic E-state index is 13.2. The van der Waals surface area contributed by atoms with Crippen LogP contribution in [0.1, 0.15) is 54.4 Å². The van der Waals surface area contributed by atoms with E-state index in [1.54, 1.807) is 45.0 Å². The van der Waals surface area contributed by atoms with E-state index in [1.165, 1.54) is 0 Å². The van der Waals surface area contributed by atoms with Gasteiger partial charge in [-0.15, -0.1) is 0 Å². The molecule has 158 valence electrons. The van der Waals surface area contributed by atoms with Crippen LogP contribution in [0.25, 0.3) is 0 Å². The van der Waals surface area contributed by atoms with E-state index >= 15 is 0 Å². The minimum Gasteiger partial charge on any atom is -0.442 e. The van der Waals surface area contributed by atoms with Crippen molar-refractivity contribution in [2.24, 2.45) is 22.7 Å². The number of rotatable bonds is 2. The lowest BCUT2D eigenvalue weighted by Crippen LogP contribution is -2.52. The first-order chi connectivity index (χ1) is 13.3. The van der Waals surface area contributed by atoms with Crippen LogP contribution in [0, 0.1) is 22.7 Å². The third-order valence-corrected chi connectivity index (χ3v) is 7.03. The first-order valence-electron chi connectivity index (χ1n) is 9.92. The number of nitrogens with zero attached hydrogens (tertiary/aromatic N) is 1. The van der Waals surface area contributed by atoms with Gasteiger partial charge < -0.3 is 4.74 Å². The van der Waals surface area contributed by atoms with Crippen molar-refractivity contribution < 1.29 is 19.1 Å². The Morgan fingerprint density at radius 1 is 1.21 bits per heavy atom. The number of amides is 2. The zero-order chi connectivity index (χ0) is 21.8. The van der Waals surface area contributed by atoms with E-state index < -0.39 is 28.9 Å². The number of carbonyl (C=O) groups is 3. The summed E-state index contributed by atoms with van der Waals surface area (Å²) in [4.78, 5) is 39.2. The summed E-state index contributed by atoms with van der Waals surface area (Å²) in [5.74, 6) is -1.41. The number of para-hydroxylation sites is 1. The summed E-state index contributed by atoms with van der Waals surface area (Å²) >= 11 is 6.27. The molecule has 2 fully saturated rings. The molecule has 0 heterocycles. The standard InChI is InChI=1S/C22H29ClN2O4/c1-20(2,3)29-19(28)25(15-10-8-7-9-14(15)23)24-18(27)16-13-11-12-22(6,17(16)26)21(13,4)5/h7-10,13,16H,11-12H2,1-6H3,(H,24,27)/t13-,16?,22+/m1/s1. The molecular formula is C22H29ClN2O4. The fraction of sp³-hybridized carbons (Fsp3) is 0.591. The van der Waals surface area contributed by atoms with E-state index in [0.717, 1.165) is 17.9 Å². The van der Waals surface area contributed by atoms with Gasteiger partial charge >= 0.3 is 6.09 Å². The average Bonchev–Trinajstić information content (AvgIpc) is 2.91. The number of Topliss-reactive ketones (excluding diaryl/α,β-unsaturated/α-hetero) is 1. The lowest BCUT2D eigenvalue weighted by Gasteiger charge is -2.32. The van der Waals surface area contributed by atoms with Gasteiger partial charge in [-0.25, -0.2) is 4.79 Å². The minimum absolute atomic E-state index is 0.0560. The van der Waals surface area contributed by atoms with Gasteiger partial charge in [0.1, 0.15) is 11.5 Å². The van der Waals surface area contributed by atoms with Gasteiger partial charge in [-0.05, 0) is 57.1 Å². The molecular weight excluding hydrogens is 392 g/mol. The van der Waals surface area contributed by atoms with Gasteiger partial charge in [-0.3, -0.25) is 15.0 Å². The summed E-state index contributed by atoms with van der Waals surface area (Å²) in [6, 6.07) is 6.66. The largest absolute Gasteiger partial charge is 0.442 e. The van der Waals surface area contributed by atoms with Crippen molar-refractivity contribution in [3.8, 4) is 0 Å². The molecule has 1 N–H and O–H groups in total. The number of anilines is 1. The number of carbonyl (C=O) groups excluding carboxylic acids is 3. The molecule has 2 aliphatic carbocycles. The van der Waals surface area contributed by atoms with Crippen molar-refractivity contribution in [2.75, 3.05) is 5.01 Å². The lowest BCUT2D eigenvalue weighted by atomic mass is 9.70.